The first-order chi connectivity index (χ1) is 20.0. The smallest absolute Gasteiger partial charge is 0.409 e. The van der Waals surface area contributed by atoms with Crippen molar-refractivity contribution in [2.75, 3.05) is 56.9 Å². The number of ether oxygens (including phenoxy) is 4. The van der Waals surface area contributed by atoms with Gasteiger partial charge in [-0.3, -0.25) is 0 Å². The average Bonchev–Trinajstić information content (AvgIpc) is 3.59. The Labute approximate surface area is 259 Å². The number of hydrogen-bond acceptors (Lipinski definition) is 7. The van der Waals surface area contributed by atoms with Crippen molar-refractivity contribution < 1.29 is 24.0 Å². The summed E-state index contributed by atoms with van der Waals surface area (Å²) in [5.41, 5.74) is 4.56. The van der Waals surface area contributed by atoms with Gasteiger partial charge in [-0.15, -0.1) is 24.0 Å². The van der Waals surface area contributed by atoms with Crippen molar-refractivity contribution in [3.8, 4) is 11.5 Å². The molecule has 2 aliphatic rings. The van der Waals surface area contributed by atoms with Crippen LogP contribution in [0.5, 0.6) is 11.5 Å². The van der Waals surface area contributed by atoms with Crippen molar-refractivity contribution in [2.45, 2.75) is 32.0 Å². The van der Waals surface area contributed by atoms with Crippen LogP contribution < -0.4 is 19.6 Å². The van der Waals surface area contributed by atoms with Crippen molar-refractivity contribution in [1.82, 2.24) is 0 Å². The summed E-state index contributed by atoms with van der Waals surface area (Å²) in [6, 6.07) is 20.7. The van der Waals surface area contributed by atoms with Crippen molar-refractivity contribution in [1.29, 1.82) is 0 Å². The quantitative estimate of drug-likeness (QED) is 0.117. The molecule has 0 spiro atoms. The molecular formula is C32H39BCl2N2O5. The number of hydrogen-bond donors (Lipinski definition) is 2. The summed E-state index contributed by atoms with van der Waals surface area (Å²) in [6.07, 6.45) is 1.11. The van der Waals surface area contributed by atoms with Crippen molar-refractivity contribution in [3.63, 3.8) is 0 Å². The van der Waals surface area contributed by atoms with E-state index in [1.165, 1.54) is 22.0 Å². The normalized spacial score (nSPS) is 16.7. The fourth-order valence-electron chi connectivity index (χ4n) is 5.97. The van der Waals surface area contributed by atoms with E-state index in [9.17, 15) is 5.02 Å². The lowest BCUT2D eigenvalue weighted by Gasteiger charge is -2.21. The van der Waals surface area contributed by atoms with Crippen molar-refractivity contribution in [3.05, 3.63) is 71.8 Å². The van der Waals surface area contributed by atoms with Gasteiger partial charge in [-0.1, -0.05) is 55.5 Å². The first-order valence-electron chi connectivity index (χ1n) is 14.1. The maximum Gasteiger partial charge on any atom is 0.409 e. The second kappa shape index (κ2) is 14.5. The largest absolute Gasteiger partial charge is 0.467 e. The van der Waals surface area contributed by atoms with Gasteiger partial charge in [0.15, 0.2) is 13.6 Å². The molecule has 42 heavy (non-hydrogen) atoms. The Hall–Kier alpha value is -2.88. The van der Waals surface area contributed by atoms with Crippen LogP contribution in [-0.2, 0) is 9.47 Å². The van der Waals surface area contributed by atoms with Crippen LogP contribution in [0.1, 0.15) is 36.3 Å². The Kier molecular flexibility index (Phi) is 11.1. The number of rotatable bonds is 9. The van der Waals surface area contributed by atoms with E-state index in [2.05, 4.69) is 48.6 Å². The summed E-state index contributed by atoms with van der Waals surface area (Å²) in [5.74, 6) is 2.92. The Morgan fingerprint density at radius 2 is 1.48 bits per heavy atom. The molecule has 224 valence electrons. The molecule has 0 saturated carbocycles. The lowest BCUT2D eigenvalue weighted by atomic mass is 9.85. The topological polar surface area (TPSA) is 72.4 Å². The number of fused-ring (bicyclic) bond motifs is 4. The van der Waals surface area contributed by atoms with Gasteiger partial charge >= 0.3 is 7.05 Å². The number of anilines is 2. The van der Waals surface area contributed by atoms with Crippen LogP contribution in [0.15, 0.2) is 60.7 Å². The van der Waals surface area contributed by atoms with Gasteiger partial charge in [-0.2, -0.15) is 0 Å². The third-order valence-corrected chi connectivity index (χ3v) is 8.29. The predicted octanol–water partition coefficient (Wildman–Crippen LogP) is 7.24. The van der Waals surface area contributed by atoms with E-state index in [0.29, 0.717) is 18.3 Å². The molecule has 2 atom stereocenters. The Balaban J connectivity index is 0.000000190. The molecule has 0 fully saturated rings. The number of alkyl halides is 1. The molecule has 6 rings (SSSR count). The van der Waals surface area contributed by atoms with Gasteiger partial charge in [0.25, 0.3) is 0 Å². The van der Waals surface area contributed by atoms with E-state index in [4.69, 9.17) is 30.5 Å². The van der Waals surface area contributed by atoms with Crippen LogP contribution in [-0.4, -0.2) is 58.8 Å². The van der Waals surface area contributed by atoms with Gasteiger partial charge in [-0.05, 0) is 36.1 Å². The molecule has 10 heteroatoms. The zero-order valence-electron chi connectivity index (χ0n) is 24.6. The van der Waals surface area contributed by atoms with Crippen LogP contribution in [0.4, 0.5) is 11.4 Å². The van der Waals surface area contributed by atoms with E-state index in [1.54, 1.807) is 21.0 Å². The van der Waals surface area contributed by atoms with Gasteiger partial charge < -0.3 is 34.1 Å². The van der Waals surface area contributed by atoms with Crippen molar-refractivity contribution in [2.24, 2.45) is 0 Å². The SMILES string of the molecule is CC[C@@H]1CNc2cc3ccccc3c(OCOC)c21.COCOc1c2c(cc3ccccc13)N(B(C)O)C[C@H]2CCl.Cl. The fraction of sp³-hybridized carbons (Fsp3) is 0.375. The molecule has 7 nitrogen and oxygen atoms in total. The van der Waals surface area contributed by atoms with Gasteiger partial charge in [0.05, 0.1) is 0 Å². The minimum Gasteiger partial charge on any atom is -0.467 e. The van der Waals surface area contributed by atoms with Gasteiger partial charge in [0.1, 0.15) is 11.5 Å². The summed E-state index contributed by atoms with van der Waals surface area (Å²) >= 11 is 6.17. The molecule has 4 aromatic carbocycles. The van der Waals surface area contributed by atoms with Gasteiger partial charge in [0, 0.05) is 78.3 Å². The third kappa shape index (κ3) is 6.24. The monoisotopic (exact) mass is 612 g/mol. The number of benzene rings is 4. The minimum absolute atomic E-state index is 0. The lowest BCUT2D eigenvalue weighted by Crippen LogP contribution is -2.36. The highest BCUT2D eigenvalue weighted by molar-refractivity contribution is 6.54. The first-order valence-corrected chi connectivity index (χ1v) is 14.6. The van der Waals surface area contributed by atoms with E-state index >= 15 is 0 Å². The molecule has 0 saturated heterocycles. The molecule has 0 aliphatic carbocycles. The maximum atomic E-state index is 10.1. The molecule has 0 amide bonds. The van der Waals surface area contributed by atoms with E-state index < -0.39 is 7.05 Å². The maximum absolute atomic E-state index is 10.1. The Morgan fingerprint density at radius 1 is 0.905 bits per heavy atom. The van der Waals surface area contributed by atoms with Crippen molar-refractivity contribution >= 4 is 64.0 Å². The highest BCUT2D eigenvalue weighted by Crippen LogP contribution is 2.47. The molecule has 4 aromatic rings. The van der Waals surface area contributed by atoms with Crippen LogP contribution in [0.2, 0.25) is 6.82 Å². The highest BCUT2D eigenvalue weighted by Gasteiger charge is 2.35. The van der Waals surface area contributed by atoms with E-state index in [1.807, 2.05) is 29.1 Å². The number of nitrogens with zero attached hydrogens (tertiary/aromatic N) is 1. The number of nitrogens with one attached hydrogen (secondary N) is 1. The summed E-state index contributed by atoms with van der Waals surface area (Å²) in [6.45, 7) is 6.14. The molecule has 2 N–H and O–H groups in total. The van der Waals surface area contributed by atoms with Gasteiger partial charge in [-0.25, -0.2) is 0 Å². The lowest BCUT2D eigenvalue weighted by molar-refractivity contribution is 0.0513. The molecule has 0 aromatic heterocycles. The molecule has 0 bridgehead atoms. The first kappa shape index (κ1) is 32.0. The molecule has 2 aliphatic heterocycles. The second-order valence-electron chi connectivity index (χ2n) is 10.5. The third-order valence-electron chi connectivity index (χ3n) is 7.91. The van der Waals surface area contributed by atoms with Crippen LogP contribution in [0.25, 0.3) is 21.5 Å². The van der Waals surface area contributed by atoms with Crippen LogP contribution in [0, 0.1) is 0 Å². The highest BCUT2D eigenvalue weighted by atomic mass is 35.5. The minimum atomic E-state index is -0.566. The summed E-state index contributed by atoms with van der Waals surface area (Å²) in [7, 11) is 2.69. The van der Waals surface area contributed by atoms with Gasteiger partial charge in [0.2, 0.25) is 0 Å². The average molecular weight is 613 g/mol. The zero-order valence-corrected chi connectivity index (χ0v) is 26.1. The summed E-state index contributed by atoms with van der Waals surface area (Å²) in [4.78, 5) is 1.97. The van der Waals surface area contributed by atoms with E-state index in [-0.39, 0.29) is 31.9 Å². The van der Waals surface area contributed by atoms with Crippen LogP contribution >= 0.6 is 24.0 Å². The number of methoxy groups -OCH3 is 2. The molecule has 2 heterocycles. The standard InChI is InChI=1S/C16H19BClNO3.C16H19NO2.ClH/c1-17(20)19-9-12(8-18)15-14(19)7-11-5-3-4-6-13(11)16(15)22-10-21-2;1-3-11-9-17-14-8-12-6-4-5-7-13(12)16(15(11)14)19-10-18-2;/h3-7,12,20H,8-10H2,1-2H3;4-8,11,17H,3,9-10H2,1-2H3;1H/t12-;11-;/m11./s1. The Bertz CT molecular complexity index is 1510. The zero-order chi connectivity index (χ0) is 28.9. The summed E-state index contributed by atoms with van der Waals surface area (Å²) < 4.78 is 21.9. The molecule has 0 radical (unpaired) electrons. The molecular weight excluding hydrogens is 574 g/mol. The summed E-state index contributed by atoms with van der Waals surface area (Å²) in [5, 5.41) is 18.0. The second-order valence-corrected chi connectivity index (χ2v) is 10.8. The predicted molar refractivity (Wildman–Crippen MR) is 176 cm³/mol. The van der Waals surface area contributed by atoms with Crippen LogP contribution in [0.3, 0.4) is 0 Å². The molecule has 0 unspecified atom stereocenters. The Morgan fingerprint density at radius 3 is 2.02 bits per heavy atom. The van der Waals surface area contributed by atoms with E-state index in [0.717, 1.165) is 46.5 Å². The number of halogens is 2. The fourth-order valence-corrected chi connectivity index (χ4v) is 6.22.